The minimum absolute atomic E-state index is 0.0287. The number of ether oxygens (including phenoxy) is 2. The summed E-state index contributed by atoms with van der Waals surface area (Å²) in [5.74, 6) is -1.52. The maximum Gasteiger partial charge on any atom is 0.336 e. The Morgan fingerprint density at radius 3 is 2.63 bits per heavy atom. The fourth-order valence-electron chi connectivity index (χ4n) is 5.27. The quantitative estimate of drug-likeness (QED) is 0.106. The van der Waals surface area contributed by atoms with E-state index in [-0.39, 0.29) is 47.7 Å². The summed E-state index contributed by atoms with van der Waals surface area (Å²) in [6.07, 6.45) is 3.32. The molecule has 2 atom stereocenters. The summed E-state index contributed by atoms with van der Waals surface area (Å²) in [5.41, 5.74) is 1.09. The third-order valence-electron chi connectivity index (χ3n) is 7.49. The Morgan fingerprint density at radius 2 is 1.83 bits per heavy atom. The van der Waals surface area contributed by atoms with Crippen LogP contribution in [-0.4, -0.2) is 51.0 Å². The summed E-state index contributed by atoms with van der Waals surface area (Å²) in [7, 11) is 0. The van der Waals surface area contributed by atoms with Gasteiger partial charge in [0.05, 0.1) is 12.0 Å². The van der Waals surface area contributed by atoms with E-state index in [1.165, 1.54) is 41.1 Å². The highest BCUT2D eigenvalue weighted by molar-refractivity contribution is 6.08. The van der Waals surface area contributed by atoms with Crippen LogP contribution in [-0.2, 0) is 14.3 Å². The third-order valence-corrected chi connectivity index (χ3v) is 7.49. The van der Waals surface area contributed by atoms with Gasteiger partial charge in [0.25, 0.3) is 5.56 Å². The molecule has 2 aromatic carbocycles. The number of anilines is 1. The van der Waals surface area contributed by atoms with E-state index in [4.69, 9.17) is 13.9 Å². The van der Waals surface area contributed by atoms with Crippen molar-refractivity contribution in [2.75, 3.05) is 18.5 Å². The van der Waals surface area contributed by atoms with Crippen LogP contribution in [0.2, 0.25) is 0 Å². The number of esters is 1. The van der Waals surface area contributed by atoms with Gasteiger partial charge in [0.15, 0.2) is 11.7 Å². The van der Waals surface area contributed by atoms with E-state index in [1.807, 2.05) is 0 Å². The lowest BCUT2D eigenvalue weighted by molar-refractivity contribution is -0.147. The van der Waals surface area contributed by atoms with Gasteiger partial charge in [-0.1, -0.05) is 12.1 Å². The van der Waals surface area contributed by atoms with Crippen molar-refractivity contribution in [2.45, 2.75) is 25.7 Å². The second-order valence-corrected chi connectivity index (χ2v) is 10.7. The van der Waals surface area contributed by atoms with E-state index >= 15 is 0 Å². The van der Waals surface area contributed by atoms with E-state index in [1.54, 1.807) is 43.3 Å². The van der Waals surface area contributed by atoms with Crippen molar-refractivity contribution in [3.8, 4) is 28.2 Å². The summed E-state index contributed by atoms with van der Waals surface area (Å²) in [4.78, 5) is 62.8. The van der Waals surface area contributed by atoms with Gasteiger partial charge in [-0.15, -0.1) is 0 Å². The van der Waals surface area contributed by atoms with Crippen molar-refractivity contribution in [3.63, 3.8) is 0 Å². The summed E-state index contributed by atoms with van der Waals surface area (Å²) in [5, 5.41) is 23.7. The lowest BCUT2D eigenvalue weighted by atomic mass is 9.90. The number of carboxylic acids is 1. The van der Waals surface area contributed by atoms with Crippen LogP contribution in [0.3, 0.4) is 0 Å². The first-order valence-electron chi connectivity index (χ1n) is 14.2. The number of aryl methyl sites for hydroxylation is 1. The number of aromatic hydroxyl groups is 1. The number of rotatable bonds is 9. The highest BCUT2D eigenvalue weighted by Gasteiger charge is 2.24. The molecule has 46 heavy (non-hydrogen) atoms. The first kappa shape index (κ1) is 30.1. The van der Waals surface area contributed by atoms with Gasteiger partial charge in [0.2, 0.25) is 0 Å². The van der Waals surface area contributed by atoms with Crippen LogP contribution in [0.15, 0.2) is 91.7 Å². The maximum absolute atomic E-state index is 12.4. The number of aromatic carboxylic acids is 1. The number of benzene rings is 3. The highest BCUT2D eigenvalue weighted by Crippen LogP contribution is 2.42. The molecule has 234 valence electrons. The van der Waals surface area contributed by atoms with Crippen molar-refractivity contribution in [1.82, 2.24) is 9.55 Å². The van der Waals surface area contributed by atoms with E-state index in [2.05, 4.69) is 10.3 Å². The molecular weight excluding hydrogens is 598 g/mol. The average Bonchev–Trinajstić information content (AvgIpc) is 3.49. The summed E-state index contributed by atoms with van der Waals surface area (Å²) >= 11 is 0. The predicted octanol–water partition coefficient (Wildman–Crippen LogP) is 3.63. The van der Waals surface area contributed by atoms with Crippen LogP contribution in [0.25, 0.3) is 33.4 Å². The largest absolute Gasteiger partial charge is 0.508 e. The van der Waals surface area contributed by atoms with Crippen LogP contribution in [0.1, 0.15) is 28.6 Å². The molecule has 0 bridgehead atoms. The number of hydrogen-bond donors (Lipinski definition) is 4. The van der Waals surface area contributed by atoms with E-state index in [9.17, 15) is 34.2 Å². The molecule has 0 saturated carbocycles. The summed E-state index contributed by atoms with van der Waals surface area (Å²) < 4.78 is 18.2. The third kappa shape index (κ3) is 6.03. The molecule has 3 heterocycles. The maximum atomic E-state index is 12.4. The van der Waals surface area contributed by atoms with Gasteiger partial charge in [0, 0.05) is 52.6 Å². The Hall–Kier alpha value is -5.95. The van der Waals surface area contributed by atoms with Crippen molar-refractivity contribution >= 4 is 28.6 Å². The molecule has 13 nitrogen and oxygen atoms in total. The molecule has 3 aromatic rings. The SMILES string of the molecule is Cc1cn([C@H]2C=C[C@@H](COC(=O)CCNc3ccc(-c4c5ccc(=O)cc-5oc5cc(O)ccc45)c(C(=O)O)c3)O2)c(=O)[nH]c1=O. The second kappa shape index (κ2) is 12.2. The monoisotopic (exact) mass is 625 g/mol. The molecule has 0 amide bonds. The molecule has 13 heteroatoms. The zero-order chi connectivity index (χ0) is 32.5. The van der Waals surface area contributed by atoms with Gasteiger partial charge in [-0.25, -0.2) is 9.59 Å². The summed E-state index contributed by atoms with van der Waals surface area (Å²) in [6, 6.07) is 13.5. The van der Waals surface area contributed by atoms with Crippen LogP contribution in [0, 0.1) is 6.92 Å². The Labute approximate surface area is 259 Å². The van der Waals surface area contributed by atoms with E-state index in [0.29, 0.717) is 33.3 Å². The van der Waals surface area contributed by atoms with Crippen molar-refractivity contribution in [2.24, 2.45) is 0 Å². The van der Waals surface area contributed by atoms with E-state index < -0.39 is 35.5 Å². The number of phenols is 1. The molecule has 0 fully saturated rings. The lowest BCUT2D eigenvalue weighted by Crippen LogP contribution is -2.33. The van der Waals surface area contributed by atoms with E-state index in [0.717, 1.165) is 0 Å². The molecule has 0 saturated heterocycles. The molecule has 0 radical (unpaired) electrons. The van der Waals surface area contributed by atoms with Gasteiger partial charge in [-0.05, 0) is 55.0 Å². The number of H-pyrrole nitrogens is 1. The number of nitrogens with one attached hydrogen (secondary N) is 2. The predicted molar refractivity (Wildman–Crippen MR) is 166 cm³/mol. The molecule has 4 N–H and O–H groups in total. The van der Waals surface area contributed by atoms with Gasteiger partial charge in [-0.3, -0.25) is 23.9 Å². The Kier molecular flexibility index (Phi) is 7.99. The number of phenolic OH excluding ortho intramolecular Hbond substituents is 1. The number of nitrogens with zero attached hydrogens (tertiary/aromatic N) is 1. The van der Waals surface area contributed by atoms with Gasteiger partial charge >= 0.3 is 17.6 Å². The second-order valence-electron chi connectivity index (χ2n) is 10.7. The fourth-order valence-corrected chi connectivity index (χ4v) is 5.27. The first-order valence-corrected chi connectivity index (χ1v) is 14.2. The number of carboxylic acid groups (broad SMARTS) is 1. The van der Waals surface area contributed by atoms with Crippen LogP contribution < -0.4 is 22.0 Å². The highest BCUT2D eigenvalue weighted by atomic mass is 16.6. The van der Waals surface area contributed by atoms with Gasteiger partial charge in [0.1, 0.15) is 29.8 Å². The van der Waals surface area contributed by atoms with Crippen LogP contribution >= 0.6 is 0 Å². The summed E-state index contributed by atoms with van der Waals surface area (Å²) in [6.45, 7) is 1.63. The van der Waals surface area contributed by atoms with Gasteiger partial charge in [-0.2, -0.15) is 0 Å². The fraction of sp³-hybridized carbons (Fsp3) is 0.182. The Morgan fingerprint density at radius 1 is 1.02 bits per heavy atom. The molecule has 2 aliphatic heterocycles. The van der Waals surface area contributed by atoms with Crippen LogP contribution in [0.4, 0.5) is 5.69 Å². The van der Waals surface area contributed by atoms with Crippen LogP contribution in [0.5, 0.6) is 5.75 Å². The Balaban J connectivity index is 1.12. The number of carbonyl (C=O) groups excluding carboxylic acids is 1. The molecule has 1 aromatic heterocycles. The van der Waals surface area contributed by atoms with Gasteiger partial charge < -0.3 is 29.4 Å². The molecule has 6 rings (SSSR count). The molecular formula is C33H27N3O10. The number of aromatic amines is 1. The normalized spacial score (nSPS) is 15.8. The molecule has 0 unspecified atom stereocenters. The molecule has 3 aliphatic rings. The first-order chi connectivity index (χ1) is 22.1. The number of aromatic nitrogens is 2. The molecule has 1 aliphatic carbocycles. The molecule has 0 spiro atoms. The smallest absolute Gasteiger partial charge is 0.336 e. The number of fused-ring (bicyclic) bond motifs is 2. The number of hydrogen-bond acceptors (Lipinski definition) is 10. The topological polar surface area (TPSA) is 190 Å². The zero-order valence-electron chi connectivity index (χ0n) is 24.3. The van der Waals surface area contributed by atoms with Crippen molar-refractivity contribution in [1.29, 1.82) is 0 Å². The minimum Gasteiger partial charge on any atom is -0.508 e. The standard InChI is InChI=1S/C33H27N3O10/c1-17-15-36(33(43)35-31(17)40)28-9-5-21(45-28)16-44-29(39)10-11-34-18-2-6-22(25(12-18)32(41)42)30-23-7-3-19(37)13-26(23)46-27-14-20(38)4-8-24(27)30/h2-9,12-15,21,28,34,37H,10-11,16H2,1H3,(H,41,42)(H,35,40,43)/t21-,28+/m0/s1. The van der Waals surface area contributed by atoms with Crippen molar-refractivity contribution < 1.29 is 33.7 Å². The Bertz CT molecular complexity index is 2180. The zero-order valence-corrected chi connectivity index (χ0v) is 24.3. The number of carbonyl (C=O) groups is 2. The minimum atomic E-state index is -1.19. The lowest BCUT2D eigenvalue weighted by Gasteiger charge is -2.18. The average molecular weight is 626 g/mol. The van der Waals surface area contributed by atoms with Crippen molar-refractivity contribution in [3.05, 3.63) is 115 Å².